The van der Waals surface area contributed by atoms with Crippen molar-refractivity contribution in [3.63, 3.8) is 0 Å². The van der Waals surface area contributed by atoms with Crippen LogP contribution in [0.3, 0.4) is 0 Å². The first kappa shape index (κ1) is 12.9. The summed E-state index contributed by atoms with van der Waals surface area (Å²) in [4.78, 5) is 21.5. The lowest BCUT2D eigenvalue weighted by atomic mass is 9.95. The zero-order valence-electron chi connectivity index (χ0n) is 8.78. The van der Waals surface area contributed by atoms with Gasteiger partial charge in [-0.3, -0.25) is 14.8 Å². The maximum Gasteiger partial charge on any atom is 0.303 e. The highest BCUT2D eigenvalue weighted by Gasteiger charge is 2.26. The Kier molecular flexibility index (Phi) is 4.56. The first-order valence-electron chi connectivity index (χ1n) is 4.48. The summed E-state index contributed by atoms with van der Waals surface area (Å²) in [7, 11) is 0. The summed E-state index contributed by atoms with van der Waals surface area (Å²) in [6, 6.07) is 0. The molecule has 0 radical (unpaired) electrons. The first-order chi connectivity index (χ1) is 6.25. The van der Waals surface area contributed by atoms with Crippen molar-refractivity contribution in [1.29, 1.82) is 0 Å². The van der Waals surface area contributed by atoms with Crippen LogP contribution in [0.25, 0.3) is 0 Å². The summed E-state index contributed by atoms with van der Waals surface area (Å²) in [5.41, 5.74) is -0.641. The van der Waals surface area contributed by atoms with Gasteiger partial charge in [0.1, 0.15) is 0 Å². The van der Waals surface area contributed by atoms with Crippen molar-refractivity contribution < 1.29 is 19.9 Å². The lowest BCUT2D eigenvalue weighted by Crippen LogP contribution is -2.37. The molecule has 0 heterocycles. The quantitative estimate of drug-likeness (QED) is 0.530. The van der Waals surface area contributed by atoms with Gasteiger partial charge in [-0.1, -0.05) is 20.8 Å². The van der Waals surface area contributed by atoms with E-state index in [1.807, 2.05) is 0 Å². The van der Waals surface area contributed by atoms with E-state index >= 15 is 0 Å². The largest absolute Gasteiger partial charge is 0.481 e. The molecule has 0 bridgehead atoms. The molecule has 0 fully saturated rings. The second kappa shape index (κ2) is 4.95. The lowest BCUT2D eigenvalue weighted by molar-refractivity contribution is -0.175. The Labute approximate surface area is 83.3 Å². The summed E-state index contributed by atoms with van der Waals surface area (Å²) in [6.07, 6.45) is 0.210. The molecule has 82 valence electrons. The zero-order chi connectivity index (χ0) is 11.4. The predicted octanol–water partition coefficient (Wildman–Crippen LogP) is 1.12. The van der Waals surface area contributed by atoms with Gasteiger partial charge in [0.25, 0.3) is 5.91 Å². The smallest absolute Gasteiger partial charge is 0.303 e. The third-order valence-corrected chi connectivity index (χ3v) is 1.64. The van der Waals surface area contributed by atoms with E-state index in [1.165, 1.54) is 0 Å². The number of hydrogen-bond donors (Lipinski definition) is 2. The Morgan fingerprint density at radius 3 is 2.14 bits per heavy atom. The van der Waals surface area contributed by atoms with Crippen molar-refractivity contribution >= 4 is 11.9 Å². The van der Waals surface area contributed by atoms with Crippen LogP contribution in [0.5, 0.6) is 0 Å². The molecular formula is C9H17NO4. The predicted molar refractivity (Wildman–Crippen MR) is 49.8 cm³/mol. The molecule has 0 saturated heterocycles. The molecule has 0 aromatic carbocycles. The van der Waals surface area contributed by atoms with Gasteiger partial charge < -0.3 is 5.11 Å². The lowest BCUT2D eigenvalue weighted by Gasteiger charge is -2.23. The number of hydrogen-bond acceptors (Lipinski definition) is 3. The van der Waals surface area contributed by atoms with E-state index in [0.717, 1.165) is 0 Å². The van der Waals surface area contributed by atoms with Crippen molar-refractivity contribution in [3.8, 4) is 0 Å². The minimum Gasteiger partial charge on any atom is -0.481 e. The molecule has 2 N–H and O–H groups in total. The molecule has 5 heteroatoms. The third kappa shape index (κ3) is 4.81. The van der Waals surface area contributed by atoms with Gasteiger partial charge in [0, 0.05) is 18.4 Å². The molecule has 14 heavy (non-hydrogen) atoms. The fourth-order valence-electron chi connectivity index (χ4n) is 0.869. The third-order valence-electron chi connectivity index (χ3n) is 1.64. The standard InChI is InChI=1S/C9H17NO4/c1-9(2,3)8(13)10(14)6-4-5-7(11)12/h14H,4-6H2,1-3H3,(H,11,12). The summed E-state index contributed by atoms with van der Waals surface area (Å²) in [5.74, 6) is -1.33. The molecule has 0 saturated carbocycles. The summed E-state index contributed by atoms with van der Waals surface area (Å²) < 4.78 is 0. The number of carbonyl (C=O) groups is 2. The van der Waals surface area contributed by atoms with E-state index in [4.69, 9.17) is 5.11 Å². The molecule has 0 aliphatic rings. The normalized spacial score (nSPS) is 11.1. The Hall–Kier alpha value is -1.10. The molecule has 1 amide bonds. The highest BCUT2D eigenvalue weighted by Crippen LogP contribution is 2.16. The second-order valence-electron chi connectivity index (χ2n) is 4.18. The summed E-state index contributed by atoms with van der Waals surface area (Å²) in [5, 5.41) is 18.2. The van der Waals surface area contributed by atoms with Crippen LogP contribution in [0.2, 0.25) is 0 Å². The van der Waals surface area contributed by atoms with Gasteiger partial charge in [-0.15, -0.1) is 0 Å². The van der Waals surface area contributed by atoms with Gasteiger partial charge in [-0.2, -0.15) is 0 Å². The van der Waals surface area contributed by atoms with E-state index in [1.54, 1.807) is 20.8 Å². The molecule has 0 aliphatic heterocycles. The summed E-state index contributed by atoms with van der Waals surface area (Å²) in [6.45, 7) is 5.13. The molecule has 0 atom stereocenters. The minimum atomic E-state index is -0.929. The monoisotopic (exact) mass is 203 g/mol. The number of hydroxylamine groups is 2. The van der Waals surface area contributed by atoms with Crippen molar-refractivity contribution in [2.45, 2.75) is 33.6 Å². The molecule has 0 spiro atoms. The van der Waals surface area contributed by atoms with E-state index < -0.39 is 17.3 Å². The Bertz CT molecular complexity index is 219. The highest BCUT2D eigenvalue weighted by molar-refractivity contribution is 5.80. The van der Waals surface area contributed by atoms with Gasteiger partial charge in [0.05, 0.1) is 0 Å². The number of carbonyl (C=O) groups excluding carboxylic acids is 1. The Morgan fingerprint density at radius 1 is 1.29 bits per heavy atom. The number of rotatable bonds is 4. The zero-order valence-corrected chi connectivity index (χ0v) is 8.78. The van der Waals surface area contributed by atoms with E-state index in [9.17, 15) is 14.8 Å². The summed E-state index contributed by atoms with van der Waals surface area (Å²) >= 11 is 0. The first-order valence-corrected chi connectivity index (χ1v) is 4.48. The average Bonchev–Trinajstić information content (AvgIpc) is 2.00. The number of nitrogens with zero attached hydrogens (tertiary/aromatic N) is 1. The molecular weight excluding hydrogens is 186 g/mol. The Morgan fingerprint density at radius 2 is 1.79 bits per heavy atom. The second-order valence-corrected chi connectivity index (χ2v) is 4.18. The average molecular weight is 203 g/mol. The van der Waals surface area contributed by atoms with Crippen LogP contribution in [0.1, 0.15) is 33.6 Å². The van der Waals surface area contributed by atoms with Crippen LogP contribution in [0, 0.1) is 5.41 Å². The molecule has 0 aromatic rings. The van der Waals surface area contributed by atoms with Gasteiger partial charge in [0.2, 0.25) is 0 Å². The van der Waals surface area contributed by atoms with Crippen LogP contribution in [0.4, 0.5) is 0 Å². The maximum atomic E-state index is 11.4. The minimum absolute atomic E-state index is 0.0471. The van der Waals surface area contributed by atoms with Gasteiger partial charge >= 0.3 is 5.97 Å². The number of carboxylic acid groups (broad SMARTS) is 1. The van der Waals surface area contributed by atoms with Crippen LogP contribution in [0.15, 0.2) is 0 Å². The topological polar surface area (TPSA) is 77.8 Å². The van der Waals surface area contributed by atoms with Crippen LogP contribution in [-0.4, -0.2) is 33.8 Å². The van der Waals surface area contributed by atoms with Crippen molar-refractivity contribution in [1.82, 2.24) is 5.06 Å². The van der Waals surface area contributed by atoms with Crippen LogP contribution in [-0.2, 0) is 9.59 Å². The van der Waals surface area contributed by atoms with Gasteiger partial charge in [-0.25, -0.2) is 5.06 Å². The van der Waals surface area contributed by atoms with E-state index in [-0.39, 0.29) is 19.4 Å². The van der Waals surface area contributed by atoms with Crippen molar-refractivity contribution in [3.05, 3.63) is 0 Å². The Balaban J connectivity index is 3.91. The van der Waals surface area contributed by atoms with Gasteiger partial charge in [-0.05, 0) is 6.42 Å². The molecule has 0 aliphatic carbocycles. The van der Waals surface area contributed by atoms with Gasteiger partial charge in [0.15, 0.2) is 0 Å². The maximum absolute atomic E-state index is 11.4. The number of aliphatic carboxylic acids is 1. The molecule has 0 rings (SSSR count). The fourth-order valence-corrected chi connectivity index (χ4v) is 0.869. The number of amides is 1. The van der Waals surface area contributed by atoms with Crippen molar-refractivity contribution in [2.75, 3.05) is 6.54 Å². The van der Waals surface area contributed by atoms with E-state index in [2.05, 4.69) is 0 Å². The molecule has 5 nitrogen and oxygen atoms in total. The molecule has 0 unspecified atom stereocenters. The molecule has 0 aromatic heterocycles. The SMILES string of the molecule is CC(C)(C)C(=O)N(O)CCCC(=O)O. The van der Waals surface area contributed by atoms with Crippen LogP contribution < -0.4 is 0 Å². The van der Waals surface area contributed by atoms with Crippen LogP contribution >= 0.6 is 0 Å². The fraction of sp³-hybridized carbons (Fsp3) is 0.778. The van der Waals surface area contributed by atoms with E-state index in [0.29, 0.717) is 5.06 Å². The number of carboxylic acids is 1. The highest BCUT2D eigenvalue weighted by atomic mass is 16.5. The van der Waals surface area contributed by atoms with Crippen molar-refractivity contribution in [2.24, 2.45) is 5.41 Å².